The molecule has 0 radical (unpaired) electrons. The first-order chi connectivity index (χ1) is 8.11. The van der Waals surface area contributed by atoms with Gasteiger partial charge >= 0.3 is 0 Å². The van der Waals surface area contributed by atoms with E-state index in [4.69, 9.17) is 10.5 Å². The molecule has 5 heteroatoms. The molecule has 2 aromatic rings. The van der Waals surface area contributed by atoms with Gasteiger partial charge in [0.1, 0.15) is 5.75 Å². The molecule has 1 atom stereocenters. The Kier molecular flexibility index (Phi) is 3.49. The second kappa shape index (κ2) is 4.89. The summed E-state index contributed by atoms with van der Waals surface area (Å²) in [5.74, 6) is 0.790. The third kappa shape index (κ3) is 2.50. The minimum absolute atomic E-state index is 0.0672. The fraction of sp³-hybridized carbons (Fsp3) is 0.250. The Bertz CT molecular complexity index is 522. The predicted molar refractivity (Wildman–Crippen MR) is 70.4 cm³/mol. The average molecular weight is 296 g/mol. The summed E-state index contributed by atoms with van der Waals surface area (Å²) >= 11 is 3.46. The molecule has 0 bridgehead atoms. The van der Waals surface area contributed by atoms with Crippen molar-refractivity contribution in [3.8, 4) is 11.4 Å². The summed E-state index contributed by atoms with van der Waals surface area (Å²) in [4.78, 5) is 4.13. The SMILES string of the molecule is COc1cc(Br)cc(-n2cncc2[C@@H](C)N)c1. The van der Waals surface area contributed by atoms with Gasteiger partial charge in [-0.3, -0.25) is 0 Å². The van der Waals surface area contributed by atoms with E-state index in [9.17, 15) is 0 Å². The number of imidazole rings is 1. The van der Waals surface area contributed by atoms with Crippen LogP contribution in [0.1, 0.15) is 18.7 Å². The summed E-state index contributed by atoms with van der Waals surface area (Å²) in [5, 5.41) is 0. The Labute approximate surface area is 109 Å². The molecule has 0 amide bonds. The summed E-state index contributed by atoms with van der Waals surface area (Å²) in [6.45, 7) is 1.93. The number of methoxy groups -OCH3 is 1. The summed E-state index contributed by atoms with van der Waals surface area (Å²) in [5.41, 5.74) is 7.84. The molecular formula is C12H14BrN3O. The predicted octanol–water partition coefficient (Wildman–Crippen LogP) is 2.66. The van der Waals surface area contributed by atoms with Crippen molar-refractivity contribution < 1.29 is 4.74 Å². The Balaban J connectivity index is 2.52. The number of hydrogen-bond donors (Lipinski definition) is 1. The Morgan fingerprint density at radius 2 is 2.18 bits per heavy atom. The standard InChI is InChI=1S/C12H14BrN3O/c1-8(14)12-6-15-7-16(12)10-3-9(13)4-11(5-10)17-2/h3-8H,14H2,1-2H3/t8-/m1/s1. The molecule has 0 spiro atoms. The topological polar surface area (TPSA) is 53.1 Å². The minimum Gasteiger partial charge on any atom is -0.497 e. The number of ether oxygens (including phenoxy) is 1. The van der Waals surface area contributed by atoms with Crippen LogP contribution >= 0.6 is 15.9 Å². The van der Waals surface area contributed by atoms with E-state index < -0.39 is 0 Å². The summed E-state index contributed by atoms with van der Waals surface area (Å²) in [7, 11) is 1.64. The highest BCUT2D eigenvalue weighted by Gasteiger charge is 2.09. The van der Waals surface area contributed by atoms with Crippen molar-refractivity contribution in [2.75, 3.05) is 7.11 Å². The van der Waals surface area contributed by atoms with Gasteiger partial charge in [0.25, 0.3) is 0 Å². The number of hydrogen-bond acceptors (Lipinski definition) is 3. The molecule has 0 fully saturated rings. The zero-order chi connectivity index (χ0) is 12.4. The lowest BCUT2D eigenvalue weighted by atomic mass is 10.2. The molecular weight excluding hydrogens is 282 g/mol. The van der Waals surface area contributed by atoms with Gasteiger partial charge in [0.05, 0.1) is 31.0 Å². The van der Waals surface area contributed by atoms with Crippen LogP contribution in [0.2, 0.25) is 0 Å². The number of aromatic nitrogens is 2. The molecule has 0 unspecified atom stereocenters. The van der Waals surface area contributed by atoms with E-state index in [2.05, 4.69) is 20.9 Å². The molecule has 0 aliphatic rings. The molecule has 2 rings (SSSR count). The fourth-order valence-electron chi connectivity index (χ4n) is 1.66. The molecule has 1 heterocycles. The van der Waals surface area contributed by atoms with Gasteiger partial charge < -0.3 is 15.0 Å². The lowest BCUT2D eigenvalue weighted by Gasteiger charge is -2.12. The first-order valence-electron chi connectivity index (χ1n) is 5.24. The Morgan fingerprint density at radius 1 is 1.41 bits per heavy atom. The zero-order valence-corrected chi connectivity index (χ0v) is 11.3. The van der Waals surface area contributed by atoms with E-state index in [1.165, 1.54) is 0 Å². The molecule has 0 saturated carbocycles. The molecule has 90 valence electrons. The number of halogens is 1. The van der Waals surface area contributed by atoms with Crippen LogP contribution in [0.25, 0.3) is 5.69 Å². The average Bonchev–Trinajstić information content (AvgIpc) is 2.77. The van der Waals surface area contributed by atoms with Crippen LogP contribution in [0.4, 0.5) is 0 Å². The molecule has 0 aliphatic carbocycles. The van der Waals surface area contributed by atoms with Crippen LogP contribution in [0.15, 0.2) is 35.2 Å². The minimum atomic E-state index is -0.0672. The van der Waals surface area contributed by atoms with E-state index in [1.807, 2.05) is 29.7 Å². The maximum Gasteiger partial charge on any atom is 0.122 e. The van der Waals surface area contributed by atoms with Crippen LogP contribution in [0.3, 0.4) is 0 Å². The summed E-state index contributed by atoms with van der Waals surface area (Å²) in [6.07, 6.45) is 3.53. The Hall–Kier alpha value is -1.33. The smallest absolute Gasteiger partial charge is 0.122 e. The van der Waals surface area contributed by atoms with E-state index >= 15 is 0 Å². The van der Waals surface area contributed by atoms with Crippen molar-refractivity contribution in [1.29, 1.82) is 0 Å². The highest BCUT2D eigenvalue weighted by molar-refractivity contribution is 9.10. The lowest BCUT2D eigenvalue weighted by molar-refractivity contribution is 0.414. The monoisotopic (exact) mass is 295 g/mol. The molecule has 0 saturated heterocycles. The van der Waals surface area contributed by atoms with Crippen LogP contribution in [0.5, 0.6) is 5.75 Å². The maximum atomic E-state index is 5.90. The van der Waals surface area contributed by atoms with E-state index in [0.717, 1.165) is 21.6 Å². The number of nitrogens with two attached hydrogens (primary N) is 1. The van der Waals surface area contributed by atoms with Gasteiger partial charge in [0.2, 0.25) is 0 Å². The molecule has 1 aromatic heterocycles. The van der Waals surface area contributed by atoms with E-state index in [0.29, 0.717) is 0 Å². The van der Waals surface area contributed by atoms with Crippen molar-refractivity contribution >= 4 is 15.9 Å². The van der Waals surface area contributed by atoms with Gasteiger partial charge in [-0.15, -0.1) is 0 Å². The van der Waals surface area contributed by atoms with E-state index in [1.54, 1.807) is 19.6 Å². The highest BCUT2D eigenvalue weighted by Crippen LogP contribution is 2.25. The van der Waals surface area contributed by atoms with Gasteiger partial charge in [-0.05, 0) is 19.1 Å². The fourth-order valence-corrected chi connectivity index (χ4v) is 2.12. The normalized spacial score (nSPS) is 12.5. The first kappa shape index (κ1) is 12.1. The molecule has 1 aromatic carbocycles. The summed E-state index contributed by atoms with van der Waals surface area (Å²) < 4.78 is 8.15. The molecule has 17 heavy (non-hydrogen) atoms. The third-order valence-corrected chi connectivity index (χ3v) is 2.96. The first-order valence-corrected chi connectivity index (χ1v) is 6.04. The van der Waals surface area contributed by atoms with Gasteiger partial charge in [-0.1, -0.05) is 15.9 Å². The van der Waals surface area contributed by atoms with Crippen molar-refractivity contribution in [2.45, 2.75) is 13.0 Å². The quantitative estimate of drug-likeness (QED) is 0.947. The van der Waals surface area contributed by atoms with Crippen molar-refractivity contribution in [1.82, 2.24) is 9.55 Å². The highest BCUT2D eigenvalue weighted by atomic mass is 79.9. The van der Waals surface area contributed by atoms with Crippen molar-refractivity contribution in [2.24, 2.45) is 5.73 Å². The second-order valence-corrected chi connectivity index (χ2v) is 4.74. The largest absolute Gasteiger partial charge is 0.497 e. The second-order valence-electron chi connectivity index (χ2n) is 3.83. The van der Waals surface area contributed by atoms with Crippen LogP contribution in [-0.2, 0) is 0 Å². The molecule has 4 nitrogen and oxygen atoms in total. The third-order valence-electron chi connectivity index (χ3n) is 2.50. The van der Waals surface area contributed by atoms with Gasteiger partial charge in [0, 0.05) is 16.6 Å². The van der Waals surface area contributed by atoms with Gasteiger partial charge in [-0.25, -0.2) is 4.98 Å². The molecule has 0 aliphatic heterocycles. The van der Waals surface area contributed by atoms with Gasteiger partial charge in [-0.2, -0.15) is 0 Å². The lowest BCUT2D eigenvalue weighted by Crippen LogP contribution is -2.10. The van der Waals surface area contributed by atoms with E-state index in [-0.39, 0.29) is 6.04 Å². The number of nitrogens with zero attached hydrogens (tertiary/aromatic N) is 2. The molecule has 2 N–H and O–H groups in total. The zero-order valence-electron chi connectivity index (χ0n) is 9.72. The van der Waals surface area contributed by atoms with Crippen molar-refractivity contribution in [3.05, 3.63) is 40.9 Å². The van der Waals surface area contributed by atoms with Crippen LogP contribution < -0.4 is 10.5 Å². The number of rotatable bonds is 3. The van der Waals surface area contributed by atoms with Crippen LogP contribution in [0, 0.1) is 0 Å². The summed E-state index contributed by atoms with van der Waals surface area (Å²) in [6, 6.07) is 5.78. The maximum absolute atomic E-state index is 5.90. The van der Waals surface area contributed by atoms with Gasteiger partial charge in [0.15, 0.2) is 0 Å². The Morgan fingerprint density at radius 3 is 2.82 bits per heavy atom. The van der Waals surface area contributed by atoms with Crippen molar-refractivity contribution in [3.63, 3.8) is 0 Å². The number of benzene rings is 1. The van der Waals surface area contributed by atoms with Crippen LogP contribution in [-0.4, -0.2) is 16.7 Å².